The minimum absolute atomic E-state index is 0.0629. The van der Waals surface area contributed by atoms with E-state index in [9.17, 15) is 27.6 Å². The van der Waals surface area contributed by atoms with Crippen molar-refractivity contribution in [3.63, 3.8) is 0 Å². The number of methoxy groups -OCH3 is 1. The molecule has 0 bridgehead atoms. The predicted molar refractivity (Wildman–Crippen MR) is 148 cm³/mol. The highest BCUT2D eigenvalue weighted by atomic mass is 19.4. The smallest absolute Gasteiger partial charge is 0.475 e. The number of nitrogens with one attached hydrogen (secondary N) is 1. The van der Waals surface area contributed by atoms with Gasteiger partial charge in [-0.15, -0.1) is 0 Å². The molecule has 1 aromatic rings. The molecule has 0 radical (unpaired) electrons. The third-order valence-electron chi connectivity index (χ3n) is 6.72. The van der Waals surface area contributed by atoms with Gasteiger partial charge < -0.3 is 15.6 Å². The fraction of sp³-hybridized carbons (Fsp3) is 0.621. The third-order valence-corrected chi connectivity index (χ3v) is 6.72. The molecule has 1 amide bonds. The van der Waals surface area contributed by atoms with Gasteiger partial charge >= 0.3 is 18.1 Å². The summed E-state index contributed by atoms with van der Waals surface area (Å²) in [6.45, 7) is 4.18. The second-order valence-corrected chi connectivity index (χ2v) is 10.6. The first kappa shape index (κ1) is 35.6. The van der Waals surface area contributed by atoms with Gasteiger partial charge in [0, 0.05) is 12.8 Å². The number of ether oxygens (including phenoxy) is 1. The quantitative estimate of drug-likeness (QED) is 0.181. The Morgan fingerprint density at radius 1 is 1.10 bits per heavy atom. The van der Waals surface area contributed by atoms with E-state index in [4.69, 9.17) is 20.4 Å². The number of nitrogens with two attached hydrogens (primary N) is 1. The number of rotatable bonds is 12. The van der Waals surface area contributed by atoms with E-state index in [1.54, 1.807) is 0 Å². The van der Waals surface area contributed by atoms with E-state index in [1.165, 1.54) is 26.4 Å². The summed E-state index contributed by atoms with van der Waals surface area (Å²) in [4.78, 5) is 51.2. The Bertz CT molecular complexity index is 1010. The molecule has 0 aromatic heterocycles. The maximum atomic E-state index is 12.9. The van der Waals surface area contributed by atoms with Gasteiger partial charge in [-0.1, -0.05) is 76.3 Å². The lowest BCUT2D eigenvalue weighted by molar-refractivity contribution is -0.192. The molecule has 4 N–H and O–H groups in total. The van der Waals surface area contributed by atoms with Crippen LogP contribution in [0.15, 0.2) is 35.3 Å². The molecule has 0 spiro atoms. The number of amides is 1. The Morgan fingerprint density at radius 2 is 1.68 bits per heavy atom. The second-order valence-electron chi connectivity index (χ2n) is 10.6. The average molecular weight is 586 g/mol. The lowest BCUT2D eigenvalue weighted by atomic mass is 9.83. The zero-order chi connectivity index (χ0) is 31.0. The topological polar surface area (TPSA) is 148 Å². The molecule has 230 valence electrons. The number of guanidine groups is 1. The highest BCUT2D eigenvalue weighted by molar-refractivity contribution is 5.98. The molecule has 12 heteroatoms. The summed E-state index contributed by atoms with van der Waals surface area (Å²) in [6, 6.07) is 8.94. The van der Waals surface area contributed by atoms with Crippen LogP contribution in [0.3, 0.4) is 0 Å². The number of nitrogens with zero attached hydrogens (tertiary/aromatic N) is 1. The first-order valence-electron chi connectivity index (χ1n) is 13.8. The van der Waals surface area contributed by atoms with Crippen molar-refractivity contribution in [2.75, 3.05) is 7.11 Å². The molecule has 1 aromatic carbocycles. The van der Waals surface area contributed by atoms with E-state index < -0.39 is 36.0 Å². The number of ketones is 1. The van der Waals surface area contributed by atoms with Crippen LogP contribution in [0, 0.1) is 17.8 Å². The number of aliphatic carboxylic acids is 1. The van der Waals surface area contributed by atoms with Crippen LogP contribution < -0.4 is 11.1 Å². The molecule has 9 nitrogen and oxygen atoms in total. The second kappa shape index (κ2) is 18.1. The van der Waals surface area contributed by atoms with Crippen LogP contribution in [0.1, 0.15) is 77.2 Å². The van der Waals surface area contributed by atoms with Gasteiger partial charge in [0.15, 0.2) is 11.7 Å². The molecule has 0 aliphatic heterocycles. The predicted octanol–water partition coefficient (Wildman–Crippen LogP) is 4.82. The van der Waals surface area contributed by atoms with Crippen molar-refractivity contribution in [1.29, 1.82) is 0 Å². The number of esters is 1. The maximum Gasteiger partial charge on any atom is 0.490 e. The normalized spacial score (nSPS) is 15.7. The minimum atomic E-state index is -5.08. The van der Waals surface area contributed by atoms with Crippen LogP contribution in [0.2, 0.25) is 0 Å². The van der Waals surface area contributed by atoms with Crippen LogP contribution in [-0.2, 0) is 30.3 Å². The van der Waals surface area contributed by atoms with Crippen molar-refractivity contribution < 1.29 is 42.2 Å². The van der Waals surface area contributed by atoms with Crippen molar-refractivity contribution in [2.24, 2.45) is 28.5 Å². The van der Waals surface area contributed by atoms with Gasteiger partial charge in [-0.3, -0.25) is 19.7 Å². The fourth-order valence-electron chi connectivity index (χ4n) is 4.51. The van der Waals surface area contributed by atoms with Gasteiger partial charge in [-0.05, 0) is 36.7 Å². The Morgan fingerprint density at radius 3 is 2.20 bits per heavy atom. The number of alkyl halides is 3. The number of Topliss-reactive ketones (excluding diaryl/α,β-unsaturated/α-hetero) is 1. The average Bonchev–Trinajstić information content (AvgIpc) is 2.91. The number of benzene rings is 1. The lowest BCUT2D eigenvalue weighted by Crippen LogP contribution is -2.40. The molecule has 1 aliphatic rings. The van der Waals surface area contributed by atoms with Crippen LogP contribution in [-0.4, -0.2) is 54.0 Å². The summed E-state index contributed by atoms with van der Waals surface area (Å²) in [6.07, 6.45) is 2.99. The Hall–Kier alpha value is -3.44. The molecule has 2 rings (SSSR count). The van der Waals surface area contributed by atoms with E-state index >= 15 is 0 Å². The number of carboxylic acids is 1. The van der Waals surface area contributed by atoms with E-state index in [2.05, 4.69) is 24.2 Å². The molecule has 1 saturated carbocycles. The van der Waals surface area contributed by atoms with E-state index in [-0.39, 0.29) is 18.2 Å². The van der Waals surface area contributed by atoms with E-state index in [0.717, 1.165) is 24.8 Å². The van der Waals surface area contributed by atoms with Gasteiger partial charge in [-0.2, -0.15) is 13.2 Å². The molecule has 2 atom stereocenters. The molecular formula is C29H42F3N3O6. The first-order valence-corrected chi connectivity index (χ1v) is 13.8. The zero-order valence-electron chi connectivity index (χ0n) is 23.9. The number of carbonyl (C=O) groups excluding carboxylic acids is 3. The van der Waals surface area contributed by atoms with Crippen molar-refractivity contribution >= 4 is 29.6 Å². The highest BCUT2D eigenvalue weighted by Crippen LogP contribution is 2.29. The van der Waals surface area contributed by atoms with E-state index in [0.29, 0.717) is 31.1 Å². The van der Waals surface area contributed by atoms with Crippen LogP contribution in [0.25, 0.3) is 0 Å². The number of hydrogen-bond acceptors (Lipinski definition) is 6. The molecule has 0 saturated heterocycles. The number of aliphatic imine (C=N–C) groups is 1. The van der Waals surface area contributed by atoms with Gasteiger partial charge in [0.2, 0.25) is 5.91 Å². The van der Waals surface area contributed by atoms with Gasteiger partial charge in [0.25, 0.3) is 0 Å². The molecule has 1 fully saturated rings. The minimum Gasteiger partial charge on any atom is -0.475 e. The van der Waals surface area contributed by atoms with Crippen LogP contribution in [0.4, 0.5) is 13.2 Å². The van der Waals surface area contributed by atoms with Gasteiger partial charge in [0.1, 0.15) is 6.04 Å². The molecule has 0 heterocycles. The Balaban J connectivity index is 0.00000106. The SMILES string of the molecule is COC(=O)[C@H](CC(=O)NC(N)=N[C@H](CC1CCCCC1)C(=O)CCC(C)C)Cc1ccccc1.O=C(O)C(F)(F)F. The Kier molecular flexibility index (Phi) is 15.7. The lowest BCUT2D eigenvalue weighted by Gasteiger charge is -2.24. The van der Waals surface area contributed by atoms with Crippen molar-refractivity contribution in [3.8, 4) is 0 Å². The van der Waals surface area contributed by atoms with Crippen molar-refractivity contribution in [3.05, 3.63) is 35.9 Å². The van der Waals surface area contributed by atoms with Crippen LogP contribution in [0.5, 0.6) is 0 Å². The summed E-state index contributed by atoms with van der Waals surface area (Å²) in [5, 5.41) is 9.72. The van der Waals surface area contributed by atoms with Crippen molar-refractivity contribution in [1.82, 2.24) is 5.32 Å². The number of hydrogen-bond donors (Lipinski definition) is 3. The monoisotopic (exact) mass is 585 g/mol. The summed E-state index contributed by atoms with van der Waals surface area (Å²) in [5.41, 5.74) is 7.00. The fourth-order valence-corrected chi connectivity index (χ4v) is 4.51. The number of halogens is 3. The molecule has 1 aliphatic carbocycles. The number of carbonyl (C=O) groups is 4. The van der Waals surface area contributed by atoms with Gasteiger partial charge in [0.05, 0.1) is 13.0 Å². The van der Waals surface area contributed by atoms with Crippen LogP contribution >= 0.6 is 0 Å². The van der Waals surface area contributed by atoms with E-state index in [1.807, 2.05) is 30.3 Å². The Labute approximate surface area is 239 Å². The molecule has 0 unspecified atom stereocenters. The summed E-state index contributed by atoms with van der Waals surface area (Å²) < 4.78 is 36.6. The maximum absolute atomic E-state index is 12.9. The summed E-state index contributed by atoms with van der Waals surface area (Å²) in [7, 11) is 1.31. The molecular weight excluding hydrogens is 543 g/mol. The van der Waals surface area contributed by atoms with Gasteiger partial charge in [-0.25, -0.2) is 9.79 Å². The largest absolute Gasteiger partial charge is 0.490 e. The van der Waals surface area contributed by atoms with Crippen molar-refractivity contribution in [2.45, 2.75) is 90.3 Å². The highest BCUT2D eigenvalue weighted by Gasteiger charge is 2.38. The third kappa shape index (κ3) is 15.2. The zero-order valence-corrected chi connectivity index (χ0v) is 23.9. The standard InChI is InChI=1S/C27H41N3O4.C2HF3O2/c1-19(2)14-15-24(31)23(17-21-12-8-5-9-13-21)29-27(28)30-25(32)18-22(26(33)34-3)16-20-10-6-4-7-11-20;3-2(4,5)1(6)7/h4,6-7,10-11,19,21-23H,5,8-9,12-18H2,1-3H3,(H3,28,29,30,32);(H,6,7)/t22-,23+;/m0./s1. The molecule has 41 heavy (non-hydrogen) atoms. The number of carboxylic acid groups (broad SMARTS) is 1. The summed E-state index contributed by atoms with van der Waals surface area (Å²) >= 11 is 0. The summed E-state index contributed by atoms with van der Waals surface area (Å²) in [5.74, 6) is -3.35. The first-order chi connectivity index (χ1) is 19.2.